The second-order valence-electron chi connectivity index (χ2n) is 5.39. The Morgan fingerprint density at radius 2 is 1.71 bits per heavy atom. The van der Waals surface area contributed by atoms with Gasteiger partial charge in [0.1, 0.15) is 0 Å². The molecule has 1 rings (SSSR count). The van der Waals surface area contributed by atoms with Crippen molar-refractivity contribution in [2.24, 2.45) is 0 Å². The number of nitrogens with one attached hydrogen (secondary N) is 2. The summed E-state index contributed by atoms with van der Waals surface area (Å²) >= 11 is 0. The van der Waals surface area contributed by atoms with Gasteiger partial charge in [0.25, 0.3) is 0 Å². The first-order chi connectivity index (χ1) is 10.0. The van der Waals surface area contributed by atoms with E-state index in [2.05, 4.69) is 15.5 Å². The molecule has 0 saturated carbocycles. The van der Waals surface area contributed by atoms with Crippen LogP contribution in [0.2, 0.25) is 0 Å². The number of nitrogens with zero attached hydrogens (tertiary/aromatic N) is 1. The summed E-state index contributed by atoms with van der Waals surface area (Å²) in [5.74, 6) is -0.819. The van der Waals surface area contributed by atoms with E-state index in [1.807, 2.05) is 0 Å². The van der Waals surface area contributed by atoms with Crippen molar-refractivity contribution in [3.05, 3.63) is 0 Å². The summed E-state index contributed by atoms with van der Waals surface area (Å²) in [7, 11) is 1.62. The smallest absolute Gasteiger partial charge is 0.303 e. The topological polar surface area (TPSA) is 98.7 Å². The Labute approximate surface area is 125 Å². The molecule has 2 amide bonds. The molecular formula is C14H25N3O4. The van der Waals surface area contributed by atoms with Crippen LogP contribution in [0.25, 0.3) is 0 Å². The summed E-state index contributed by atoms with van der Waals surface area (Å²) < 4.78 is 0. The number of likely N-dealkylation sites (tertiary alicyclic amines) is 1. The van der Waals surface area contributed by atoms with Gasteiger partial charge < -0.3 is 15.7 Å². The van der Waals surface area contributed by atoms with Crippen molar-refractivity contribution in [1.29, 1.82) is 0 Å². The van der Waals surface area contributed by atoms with Crippen LogP contribution >= 0.6 is 0 Å². The second kappa shape index (κ2) is 9.33. The Kier molecular flexibility index (Phi) is 7.74. The third-order valence-corrected chi connectivity index (χ3v) is 3.64. The van der Waals surface area contributed by atoms with Crippen LogP contribution in [0.1, 0.15) is 38.5 Å². The molecule has 0 aromatic heterocycles. The van der Waals surface area contributed by atoms with Crippen LogP contribution in [0.5, 0.6) is 0 Å². The van der Waals surface area contributed by atoms with Crippen LogP contribution < -0.4 is 10.6 Å². The van der Waals surface area contributed by atoms with E-state index in [1.54, 1.807) is 7.05 Å². The quantitative estimate of drug-likeness (QED) is 0.546. The van der Waals surface area contributed by atoms with E-state index < -0.39 is 5.97 Å². The van der Waals surface area contributed by atoms with Crippen molar-refractivity contribution >= 4 is 17.8 Å². The summed E-state index contributed by atoms with van der Waals surface area (Å²) in [5.41, 5.74) is 0. The number of rotatable bonds is 8. The summed E-state index contributed by atoms with van der Waals surface area (Å²) in [5, 5.41) is 14.1. The van der Waals surface area contributed by atoms with E-state index in [1.165, 1.54) is 0 Å². The fraction of sp³-hybridized carbons (Fsp3) is 0.786. The van der Waals surface area contributed by atoms with Gasteiger partial charge in [-0.1, -0.05) is 0 Å². The van der Waals surface area contributed by atoms with Crippen LogP contribution in [-0.4, -0.2) is 60.5 Å². The zero-order chi connectivity index (χ0) is 15.7. The highest BCUT2D eigenvalue weighted by molar-refractivity contribution is 5.77. The highest BCUT2D eigenvalue weighted by Gasteiger charge is 2.21. The number of carbonyl (C=O) groups excluding carboxylic acids is 2. The molecule has 1 aliphatic rings. The summed E-state index contributed by atoms with van der Waals surface area (Å²) in [6.07, 6.45) is 3.33. The van der Waals surface area contributed by atoms with E-state index in [9.17, 15) is 14.4 Å². The molecule has 0 aromatic carbocycles. The van der Waals surface area contributed by atoms with Gasteiger partial charge >= 0.3 is 5.97 Å². The highest BCUT2D eigenvalue weighted by Crippen LogP contribution is 2.10. The standard InChI is InChI=1S/C14H25N3O4/c1-15-13(19)10-17-8-6-11(7-9-17)16-12(18)4-2-3-5-14(20)21/h11H,2-10H2,1H3,(H,15,19)(H,16,18)(H,20,21). The molecule has 1 fully saturated rings. The third-order valence-electron chi connectivity index (χ3n) is 3.64. The number of carboxylic acid groups (broad SMARTS) is 1. The first-order valence-electron chi connectivity index (χ1n) is 7.45. The number of piperidine rings is 1. The fourth-order valence-electron chi connectivity index (χ4n) is 2.38. The lowest BCUT2D eigenvalue weighted by Crippen LogP contribution is -2.47. The highest BCUT2D eigenvalue weighted by atomic mass is 16.4. The van der Waals surface area contributed by atoms with Crippen LogP contribution in [0.3, 0.4) is 0 Å². The van der Waals surface area contributed by atoms with Gasteiger partial charge in [-0.3, -0.25) is 19.3 Å². The SMILES string of the molecule is CNC(=O)CN1CCC(NC(=O)CCCCC(=O)O)CC1. The Bertz CT molecular complexity index is 365. The van der Waals surface area contributed by atoms with Gasteiger partial charge in [-0.15, -0.1) is 0 Å². The average Bonchev–Trinajstić information content (AvgIpc) is 2.45. The van der Waals surface area contributed by atoms with Gasteiger partial charge in [-0.2, -0.15) is 0 Å². The molecule has 7 nitrogen and oxygen atoms in total. The predicted octanol–water partition coefficient (Wildman–Crippen LogP) is -0.0420. The first-order valence-corrected chi connectivity index (χ1v) is 7.45. The number of carboxylic acids is 1. The van der Waals surface area contributed by atoms with Gasteiger partial charge in [0.15, 0.2) is 0 Å². The van der Waals surface area contributed by atoms with Crippen LogP contribution in [0, 0.1) is 0 Å². The van der Waals surface area contributed by atoms with E-state index in [0.29, 0.717) is 25.8 Å². The lowest BCUT2D eigenvalue weighted by molar-refractivity contribution is -0.137. The Hall–Kier alpha value is -1.63. The number of likely N-dealkylation sites (N-methyl/N-ethyl adjacent to an activating group) is 1. The molecule has 1 saturated heterocycles. The van der Waals surface area contributed by atoms with E-state index in [4.69, 9.17) is 5.11 Å². The second-order valence-corrected chi connectivity index (χ2v) is 5.39. The molecule has 21 heavy (non-hydrogen) atoms. The van der Waals surface area contributed by atoms with Crippen LogP contribution in [0.4, 0.5) is 0 Å². The molecule has 0 radical (unpaired) electrons. The Morgan fingerprint density at radius 3 is 2.29 bits per heavy atom. The fourth-order valence-corrected chi connectivity index (χ4v) is 2.38. The van der Waals surface area contributed by atoms with Crippen molar-refractivity contribution in [1.82, 2.24) is 15.5 Å². The first kappa shape index (κ1) is 17.4. The van der Waals surface area contributed by atoms with Crippen molar-refractivity contribution in [2.75, 3.05) is 26.7 Å². The van der Waals surface area contributed by atoms with Gasteiger partial charge in [0.05, 0.1) is 6.54 Å². The minimum Gasteiger partial charge on any atom is -0.481 e. The minimum absolute atomic E-state index is 0.00913. The molecule has 7 heteroatoms. The summed E-state index contributed by atoms with van der Waals surface area (Å²) in [6, 6.07) is 0.165. The molecule has 1 heterocycles. The maximum absolute atomic E-state index is 11.7. The number of unbranched alkanes of at least 4 members (excludes halogenated alkanes) is 1. The third kappa shape index (κ3) is 7.65. The molecular weight excluding hydrogens is 274 g/mol. The molecule has 0 spiro atoms. The molecule has 0 aromatic rings. The van der Waals surface area contributed by atoms with Crippen LogP contribution in [0.15, 0.2) is 0 Å². The number of hydrogen-bond acceptors (Lipinski definition) is 4. The number of amides is 2. The van der Waals surface area contributed by atoms with Gasteiger partial charge in [0, 0.05) is 39.0 Å². The molecule has 3 N–H and O–H groups in total. The average molecular weight is 299 g/mol. The molecule has 0 unspecified atom stereocenters. The normalized spacial score (nSPS) is 16.4. The lowest BCUT2D eigenvalue weighted by atomic mass is 10.0. The monoisotopic (exact) mass is 299 g/mol. The molecule has 0 atom stereocenters. The van der Waals surface area contributed by atoms with Crippen molar-refractivity contribution in [3.63, 3.8) is 0 Å². The maximum atomic E-state index is 11.7. The zero-order valence-corrected chi connectivity index (χ0v) is 12.6. The Morgan fingerprint density at radius 1 is 1.10 bits per heavy atom. The van der Waals surface area contributed by atoms with E-state index in [0.717, 1.165) is 25.9 Å². The minimum atomic E-state index is -0.820. The largest absolute Gasteiger partial charge is 0.481 e. The number of carbonyl (C=O) groups is 3. The van der Waals surface area contributed by atoms with Crippen molar-refractivity contribution < 1.29 is 19.5 Å². The van der Waals surface area contributed by atoms with Gasteiger partial charge in [-0.05, 0) is 25.7 Å². The van der Waals surface area contributed by atoms with Crippen molar-refractivity contribution in [2.45, 2.75) is 44.6 Å². The van der Waals surface area contributed by atoms with E-state index in [-0.39, 0.29) is 24.3 Å². The maximum Gasteiger partial charge on any atom is 0.303 e. The summed E-state index contributed by atoms with van der Waals surface area (Å²) in [6.45, 7) is 2.01. The molecule has 120 valence electrons. The van der Waals surface area contributed by atoms with E-state index >= 15 is 0 Å². The molecule has 0 bridgehead atoms. The summed E-state index contributed by atoms with van der Waals surface area (Å²) in [4.78, 5) is 35.4. The lowest BCUT2D eigenvalue weighted by Gasteiger charge is -2.31. The van der Waals surface area contributed by atoms with Gasteiger partial charge in [0.2, 0.25) is 11.8 Å². The number of aliphatic carboxylic acids is 1. The molecule has 1 aliphatic heterocycles. The zero-order valence-electron chi connectivity index (χ0n) is 12.6. The predicted molar refractivity (Wildman–Crippen MR) is 77.8 cm³/mol. The van der Waals surface area contributed by atoms with Crippen LogP contribution in [-0.2, 0) is 14.4 Å². The molecule has 0 aliphatic carbocycles. The Balaban J connectivity index is 2.12. The number of hydrogen-bond donors (Lipinski definition) is 3. The van der Waals surface area contributed by atoms with Gasteiger partial charge in [-0.25, -0.2) is 0 Å². The van der Waals surface area contributed by atoms with Crippen molar-refractivity contribution in [3.8, 4) is 0 Å².